The second-order valence-electron chi connectivity index (χ2n) is 5.36. The molecule has 0 aromatic heterocycles. The minimum Gasteiger partial charge on any atom is -0.457 e. The molecule has 0 spiro atoms. The molecule has 0 aliphatic carbocycles. The van der Waals surface area contributed by atoms with Crippen LogP contribution in [0.5, 0.6) is 0 Å². The van der Waals surface area contributed by atoms with E-state index < -0.39 is 0 Å². The highest BCUT2D eigenvalue weighted by Crippen LogP contribution is 2.12. The van der Waals surface area contributed by atoms with Crippen LogP contribution in [0.2, 0.25) is 5.02 Å². The van der Waals surface area contributed by atoms with Crippen molar-refractivity contribution in [2.75, 3.05) is 13.1 Å². The molecule has 0 saturated carbocycles. The standard InChI is InChI=1S/C19H22ClNO2/c1-3-21(4-2)13-15-5-7-16(8-6-15)14-23-19(22)17-9-11-18(20)12-10-17/h5-12H,3-4,13-14H2,1-2H3. The third kappa shape index (κ3) is 5.38. The van der Waals surface area contributed by atoms with Crippen LogP contribution in [0.25, 0.3) is 0 Å². The Balaban J connectivity index is 1.88. The van der Waals surface area contributed by atoms with E-state index in [2.05, 4.69) is 30.9 Å². The molecule has 3 nitrogen and oxygen atoms in total. The molecule has 2 aromatic rings. The Bertz CT molecular complexity index is 619. The van der Waals surface area contributed by atoms with Crippen LogP contribution in [-0.4, -0.2) is 24.0 Å². The lowest BCUT2D eigenvalue weighted by Gasteiger charge is -2.18. The Hall–Kier alpha value is -1.84. The Labute approximate surface area is 142 Å². The van der Waals surface area contributed by atoms with Gasteiger partial charge in [-0.25, -0.2) is 4.79 Å². The van der Waals surface area contributed by atoms with Crippen molar-refractivity contribution in [3.8, 4) is 0 Å². The van der Waals surface area contributed by atoms with Crippen molar-refractivity contribution in [3.63, 3.8) is 0 Å². The van der Waals surface area contributed by atoms with Gasteiger partial charge >= 0.3 is 5.97 Å². The molecule has 0 aliphatic rings. The zero-order valence-electron chi connectivity index (χ0n) is 13.6. The maximum absolute atomic E-state index is 11.9. The van der Waals surface area contributed by atoms with Gasteiger partial charge in [0.05, 0.1) is 5.56 Å². The number of hydrogen-bond donors (Lipinski definition) is 0. The van der Waals surface area contributed by atoms with Gasteiger partial charge in [0.15, 0.2) is 0 Å². The molecule has 2 aromatic carbocycles. The quantitative estimate of drug-likeness (QED) is 0.698. The van der Waals surface area contributed by atoms with E-state index in [0.717, 1.165) is 25.2 Å². The fraction of sp³-hybridized carbons (Fsp3) is 0.316. The summed E-state index contributed by atoms with van der Waals surface area (Å²) in [5.74, 6) is -0.339. The molecule has 0 N–H and O–H groups in total. The maximum atomic E-state index is 11.9. The molecule has 122 valence electrons. The van der Waals surface area contributed by atoms with Gasteiger partial charge in [0.2, 0.25) is 0 Å². The number of carbonyl (C=O) groups excluding carboxylic acids is 1. The van der Waals surface area contributed by atoms with Crippen molar-refractivity contribution in [1.82, 2.24) is 4.90 Å². The third-order valence-electron chi connectivity index (χ3n) is 3.77. The first-order chi connectivity index (χ1) is 11.1. The second-order valence-corrected chi connectivity index (χ2v) is 5.80. The molecule has 0 amide bonds. The zero-order valence-corrected chi connectivity index (χ0v) is 14.3. The second kappa shape index (κ2) is 8.70. The lowest BCUT2D eigenvalue weighted by atomic mass is 10.1. The topological polar surface area (TPSA) is 29.5 Å². The van der Waals surface area contributed by atoms with Crippen molar-refractivity contribution < 1.29 is 9.53 Å². The highest BCUT2D eigenvalue weighted by molar-refractivity contribution is 6.30. The van der Waals surface area contributed by atoms with Crippen LogP contribution in [-0.2, 0) is 17.9 Å². The number of hydrogen-bond acceptors (Lipinski definition) is 3. The molecule has 0 atom stereocenters. The van der Waals surface area contributed by atoms with Gasteiger partial charge in [-0.2, -0.15) is 0 Å². The molecule has 0 unspecified atom stereocenters. The smallest absolute Gasteiger partial charge is 0.338 e. The first-order valence-electron chi connectivity index (χ1n) is 7.85. The maximum Gasteiger partial charge on any atom is 0.338 e. The SMILES string of the molecule is CCN(CC)Cc1ccc(COC(=O)c2ccc(Cl)cc2)cc1. The molecule has 0 heterocycles. The van der Waals surface area contributed by atoms with E-state index in [-0.39, 0.29) is 12.6 Å². The minimum absolute atomic E-state index is 0.271. The lowest BCUT2D eigenvalue weighted by Crippen LogP contribution is -2.22. The molecular formula is C19H22ClNO2. The van der Waals surface area contributed by atoms with Gasteiger partial charge in [0.25, 0.3) is 0 Å². The predicted octanol–water partition coefficient (Wildman–Crippen LogP) is 4.54. The normalized spacial score (nSPS) is 10.8. The third-order valence-corrected chi connectivity index (χ3v) is 4.03. The summed E-state index contributed by atoms with van der Waals surface area (Å²) >= 11 is 5.81. The van der Waals surface area contributed by atoms with Gasteiger partial charge in [0, 0.05) is 11.6 Å². The molecule has 0 fully saturated rings. The van der Waals surface area contributed by atoms with E-state index in [0.29, 0.717) is 10.6 Å². The van der Waals surface area contributed by atoms with Crippen molar-refractivity contribution in [1.29, 1.82) is 0 Å². The monoisotopic (exact) mass is 331 g/mol. The Kier molecular flexibility index (Phi) is 6.63. The fourth-order valence-corrected chi connectivity index (χ4v) is 2.39. The molecule has 0 saturated heterocycles. The summed E-state index contributed by atoms with van der Waals surface area (Å²) in [4.78, 5) is 14.3. The van der Waals surface area contributed by atoms with E-state index >= 15 is 0 Å². The van der Waals surface area contributed by atoms with Gasteiger partial charge < -0.3 is 4.74 Å². The Morgan fingerprint density at radius 3 is 2.09 bits per heavy atom. The van der Waals surface area contributed by atoms with Crippen molar-refractivity contribution in [2.45, 2.75) is 27.0 Å². The van der Waals surface area contributed by atoms with Crippen molar-refractivity contribution in [2.24, 2.45) is 0 Å². The molecule has 0 bridgehead atoms. The number of carbonyl (C=O) groups is 1. The van der Waals surface area contributed by atoms with Crippen LogP contribution in [0, 0.1) is 0 Å². The molecule has 2 rings (SSSR count). The summed E-state index contributed by atoms with van der Waals surface area (Å²) in [5.41, 5.74) is 2.75. The Morgan fingerprint density at radius 1 is 0.957 bits per heavy atom. The molecule has 23 heavy (non-hydrogen) atoms. The molecule has 0 radical (unpaired) electrons. The number of nitrogens with zero attached hydrogens (tertiary/aromatic N) is 1. The number of esters is 1. The lowest BCUT2D eigenvalue weighted by molar-refractivity contribution is 0.0472. The fourth-order valence-electron chi connectivity index (χ4n) is 2.26. The molecule has 0 aliphatic heterocycles. The van der Waals surface area contributed by atoms with Crippen LogP contribution in [0.4, 0.5) is 0 Å². The zero-order chi connectivity index (χ0) is 16.7. The molecular weight excluding hydrogens is 310 g/mol. The van der Waals surface area contributed by atoms with Crippen LogP contribution < -0.4 is 0 Å². The largest absolute Gasteiger partial charge is 0.457 e. The van der Waals surface area contributed by atoms with Crippen LogP contribution >= 0.6 is 11.6 Å². The minimum atomic E-state index is -0.339. The average molecular weight is 332 g/mol. The van der Waals surface area contributed by atoms with Crippen LogP contribution in [0.15, 0.2) is 48.5 Å². The Morgan fingerprint density at radius 2 is 1.52 bits per heavy atom. The van der Waals surface area contributed by atoms with E-state index in [4.69, 9.17) is 16.3 Å². The van der Waals surface area contributed by atoms with E-state index in [1.54, 1.807) is 24.3 Å². The molecule has 4 heteroatoms. The number of halogens is 1. The van der Waals surface area contributed by atoms with Crippen LogP contribution in [0.3, 0.4) is 0 Å². The van der Waals surface area contributed by atoms with Gasteiger partial charge in [0.1, 0.15) is 6.61 Å². The van der Waals surface area contributed by atoms with Crippen molar-refractivity contribution >= 4 is 17.6 Å². The predicted molar refractivity (Wildman–Crippen MR) is 93.6 cm³/mol. The summed E-state index contributed by atoms with van der Waals surface area (Å²) in [6, 6.07) is 14.9. The van der Waals surface area contributed by atoms with Gasteiger partial charge in [-0.1, -0.05) is 49.7 Å². The number of rotatable bonds is 7. The highest BCUT2D eigenvalue weighted by atomic mass is 35.5. The first kappa shape index (κ1) is 17.5. The van der Waals surface area contributed by atoms with Gasteiger partial charge in [-0.3, -0.25) is 4.90 Å². The van der Waals surface area contributed by atoms with Gasteiger partial charge in [-0.15, -0.1) is 0 Å². The van der Waals surface area contributed by atoms with E-state index in [9.17, 15) is 4.79 Å². The number of ether oxygens (including phenoxy) is 1. The van der Waals surface area contributed by atoms with Gasteiger partial charge in [-0.05, 0) is 48.5 Å². The van der Waals surface area contributed by atoms with E-state index in [1.807, 2.05) is 12.1 Å². The number of benzene rings is 2. The van der Waals surface area contributed by atoms with Crippen LogP contribution in [0.1, 0.15) is 35.3 Å². The average Bonchev–Trinajstić information content (AvgIpc) is 2.59. The summed E-state index contributed by atoms with van der Waals surface area (Å²) < 4.78 is 5.32. The van der Waals surface area contributed by atoms with Crippen molar-refractivity contribution in [3.05, 3.63) is 70.2 Å². The highest BCUT2D eigenvalue weighted by Gasteiger charge is 2.07. The van der Waals surface area contributed by atoms with E-state index in [1.165, 1.54) is 5.56 Å². The summed E-state index contributed by atoms with van der Waals surface area (Å²) in [6.07, 6.45) is 0. The summed E-state index contributed by atoms with van der Waals surface area (Å²) in [5, 5.41) is 0.602. The summed E-state index contributed by atoms with van der Waals surface area (Å²) in [6.45, 7) is 7.61. The summed E-state index contributed by atoms with van der Waals surface area (Å²) in [7, 11) is 0. The first-order valence-corrected chi connectivity index (χ1v) is 8.23.